The van der Waals surface area contributed by atoms with Crippen LogP contribution < -0.4 is 15.4 Å². The smallest absolute Gasteiger partial charge is 0.410 e. The lowest BCUT2D eigenvalue weighted by Gasteiger charge is -2.33. The highest BCUT2D eigenvalue weighted by atomic mass is 32.1. The van der Waals surface area contributed by atoms with Crippen molar-refractivity contribution < 1.29 is 19.1 Å². The van der Waals surface area contributed by atoms with Gasteiger partial charge in [0.15, 0.2) is 0 Å². The first-order valence-electron chi connectivity index (χ1n) is 12.1. The minimum atomic E-state index is -0.555. The van der Waals surface area contributed by atoms with Crippen molar-refractivity contribution in [2.75, 3.05) is 23.7 Å². The van der Waals surface area contributed by atoms with Crippen LogP contribution in [0.4, 0.5) is 21.3 Å². The number of amides is 2. The van der Waals surface area contributed by atoms with E-state index in [0.717, 1.165) is 24.4 Å². The summed E-state index contributed by atoms with van der Waals surface area (Å²) in [5.41, 5.74) is 1.33. The van der Waals surface area contributed by atoms with Crippen molar-refractivity contribution in [2.45, 2.75) is 52.2 Å². The summed E-state index contributed by atoms with van der Waals surface area (Å²) in [7, 11) is 0. The van der Waals surface area contributed by atoms with Crippen LogP contribution in [0.2, 0.25) is 0 Å². The van der Waals surface area contributed by atoms with Crippen molar-refractivity contribution >= 4 is 40.0 Å². The van der Waals surface area contributed by atoms with E-state index in [1.165, 1.54) is 12.4 Å². The number of nitrogens with one attached hydrogen (secondary N) is 2. The van der Waals surface area contributed by atoms with Crippen molar-refractivity contribution in [2.24, 2.45) is 0 Å². The maximum absolute atomic E-state index is 13.1. The van der Waals surface area contributed by atoms with E-state index in [4.69, 9.17) is 14.7 Å². The van der Waals surface area contributed by atoms with E-state index in [1.807, 2.05) is 20.8 Å². The molecule has 0 bridgehead atoms. The largest absolute Gasteiger partial charge is 0.472 e. The molecule has 2 N–H and O–H groups in total. The number of nitriles is 1. The Morgan fingerprint density at radius 3 is 2.76 bits per heavy atom. The summed E-state index contributed by atoms with van der Waals surface area (Å²) in [6.45, 7) is 8.31. The molecule has 0 aromatic carbocycles. The fraction of sp³-hybridized carbons (Fsp3) is 0.385. The number of hydrogen-bond donors (Lipinski definition) is 2. The zero-order valence-electron chi connectivity index (χ0n) is 21.6. The van der Waals surface area contributed by atoms with Gasteiger partial charge in [0, 0.05) is 18.8 Å². The highest BCUT2D eigenvalue weighted by molar-refractivity contribution is 7.10. The van der Waals surface area contributed by atoms with Gasteiger partial charge in [0.25, 0.3) is 5.91 Å². The second kappa shape index (κ2) is 11.4. The monoisotopic (exact) mass is 535 g/mol. The quantitative estimate of drug-likeness (QED) is 0.451. The Morgan fingerprint density at radius 1 is 1.24 bits per heavy atom. The van der Waals surface area contributed by atoms with Crippen LogP contribution in [0.1, 0.15) is 55.2 Å². The summed E-state index contributed by atoms with van der Waals surface area (Å²) in [5, 5.41) is 15.5. The van der Waals surface area contributed by atoms with E-state index in [-0.39, 0.29) is 18.1 Å². The summed E-state index contributed by atoms with van der Waals surface area (Å²) < 4.78 is 15.8. The number of pyridine rings is 2. The van der Waals surface area contributed by atoms with Gasteiger partial charge in [-0.3, -0.25) is 4.79 Å². The number of nitrogens with zero attached hydrogens (tertiary/aromatic N) is 5. The summed E-state index contributed by atoms with van der Waals surface area (Å²) in [4.78, 5) is 35.6. The summed E-state index contributed by atoms with van der Waals surface area (Å²) in [6.07, 6.45) is 4.08. The molecule has 1 fully saturated rings. The predicted molar refractivity (Wildman–Crippen MR) is 143 cm³/mol. The third-order valence-electron chi connectivity index (χ3n) is 5.53. The van der Waals surface area contributed by atoms with E-state index in [2.05, 4.69) is 31.0 Å². The molecule has 0 aliphatic carbocycles. The maximum atomic E-state index is 13.1. The number of ether oxygens (including phenoxy) is 2. The van der Waals surface area contributed by atoms with Gasteiger partial charge >= 0.3 is 6.09 Å². The molecule has 0 saturated carbocycles. The highest BCUT2D eigenvalue weighted by Gasteiger charge is 2.29. The molecular formula is C26H29N7O4S. The molecule has 38 heavy (non-hydrogen) atoms. The minimum Gasteiger partial charge on any atom is -0.472 e. The Bertz CT molecular complexity index is 1340. The summed E-state index contributed by atoms with van der Waals surface area (Å²) in [5.74, 6) is 0.488. The number of likely N-dealkylation sites (tertiary alicyclic amines) is 1. The number of anilines is 3. The number of carbonyl (C=O) groups excluding carboxylic acids is 2. The first-order chi connectivity index (χ1) is 18.1. The average molecular weight is 536 g/mol. The van der Waals surface area contributed by atoms with Crippen LogP contribution in [-0.4, -0.2) is 56.0 Å². The fourth-order valence-electron chi connectivity index (χ4n) is 3.82. The summed E-state index contributed by atoms with van der Waals surface area (Å²) >= 11 is 1.13. The van der Waals surface area contributed by atoms with E-state index >= 15 is 0 Å². The third-order valence-corrected chi connectivity index (χ3v) is 6.39. The first kappa shape index (κ1) is 26.8. The van der Waals surface area contributed by atoms with Gasteiger partial charge in [0.1, 0.15) is 22.5 Å². The molecule has 3 aromatic heterocycles. The Balaban J connectivity index is 1.37. The number of hydrogen-bond acceptors (Lipinski definition) is 10. The zero-order valence-corrected chi connectivity index (χ0v) is 22.5. The van der Waals surface area contributed by atoms with Crippen molar-refractivity contribution in [3.05, 3.63) is 53.5 Å². The van der Waals surface area contributed by atoms with E-state index in [0.29, 0.717) is 52.3 Å². The highest BCUT2D eigenvalue weighted by Crippen LogP contribution is 2.29. The normalized spacial score (nSPS) is 15.3. The number of rotatable bonds is 6. The van der Waals surface area contributed by atoms with Crippen LogP contribution in [-0.2, 0) is 4.74 Å². The first-order valence-corrected chi connectivity index (χ1v) is 12.9. The molecule has 4 heterocycles. The van der Waals surface area contributed by atoms with E-state index in [1.54, 1.807) is 36.1 Å². The van der Waals surface area contributed by atoms with Crippen LogP contribution in [0, 0.1) is 18.3 Å². The van der Waals surface area contributed by atoms with Crippen molar-refractivity contribution in [3.8, 4) is 11.9 Å². The molecule has 1 atom stereocenters. The van der Waals surface area contributed by atoms with Crippen LogP contribution in [0.3, 0.4) is 0 Å². The minimum absolute atomic E-state index is 0.203. The van der Waals surface area contributed by atoms with Gasteiger partial charge in [-0.15, -0.1) is 0 Å². The second-order valence-electron chi connectivity index (χ2n) is 9.79. The van der Waals surface area contributed by atoms with Crippen molar-refractivity contribution in [3.63, 3.8) is 0 Å². The number of carbonyl (C=O) groups is 2. The molecule has 1 aliphatic heterocycles. The standard InChI is InChI=1S/C26H29N7O4S/c1-16-22(24(38-32-16)31-20-12-17(13-27)9-10-28-20)23(34)30-18-7-8-21(29-14-18)36-19-6-5-11-33(15-19)25(35)37-26(2,3)4/h7-10,12,14,19H,5-6,11,15H2,1-4H3,(H,28,31)(H,30,34). The SMILES string of the molecule is Cc1nsc(Nc2cc(C#N)ccn2)c1C(=O)Nc1ccc(OC2CCCN(C(=O)OC(C)(C)C)C2)nc1. The van der Waals surface area contributed by atoms with Gasteiger partial charge in [0.05, 0.1) is 41.3 Å². The average Bonchev–Trinajstić information content (AvgIpc) is 3.24. The summed E-state index contributed by atoms with van der Waals surface area (Å²) in [6, 6.07) is 8.64. The van der Waals surface area contributed by atoms with Gasteiger partial charge in [-0.1, -0.05) is 0 Å². The maximum Gasteiger partial charge on any atom is 0.410 e. The van der Waals surface area contributed by atoms with Gasteiger partial charge in [0.2, 0.25) is 5.88 Å². The van der Waals surface area contributed by atoms with Gasteiger partial charge < -0.3 is 25.0 Å². The molecule has 11 nitrogen and oxygen atoms in total. The molecule has 1 aliphatic rings. The molecule has 12 heteroatoms. The molecule has 4 rings (SSSR count). The van der Waals surface area contributed by atoms with Crippen LogP contribution in [0.15, 0.2) is 36.7 Å². The third kappa shape index (κ3) is 6.95. The Kier molecular flexibility index (Phi) is 8.07. The second-order valence-corrected chi connectivity index (χ2v) is 10.6. The molecule has 0 radical (unpaired) electrons. The predicted octanol–water partition coefficient (Wildman–Crippen LogP) is 4.89. The van der Waals surface area contributed by atoms with Gasteiger partial charge in [-0.05, 0) is 70.3 Å². The van der Waals surface area contributed by atoms with E-state index in [9.17, 15) is 9.59 Å². The molecule has 1 unspecified atom stereocenters. The van der Waals surface area contributed by atoms with Gasteiger partial charge in [-0.2, -0.15) is 9.64 Å². The van der Waals surface area contributed by atoms with Crippen LogP contribution in [0.5, 0.6) is 5.88 Å². The zero-order chi connectivity index (χ0) is 27.3. The van der Waals surface area contributed by atoms with Crippen LogP contribution in [0.25, 0.3) is 0 Å². The molecular weight excluding hydrogens is 506 g/mol. The lowest BCUT2D eigenvalue weighted by molar-refractivity contribution is 0.00722. The molecule has 0 spiro atoms. The van der Waals surface area contributed by atoms with E-state index < -0.39 is 5.60 Å². The lowest BCUT2D eigenvalue weighted by Crippen LogP contribution is -2.46. The molecule has 2 amide bonds. The molecule has 3 aromatic rings. The lowest BCUT2D eigenvalue weighted by atomic mass is 10.1. The van der Waals surface area contributed by atoms with Crippen LogP contribution >= 0.6 is 11.5 Å². The molecule has 198 valence electrons. The fourth-order valence-corrected chi connectivity index (χ4v) is 4.62. The topological polar surface area (TPSA) is 142 Å². The number of aryl methyl sites for hydroxylation is 1. The number of aromatic nitrogens is 3. The van der Waals surface area contributed by atoms with Crippen molar-refractivity contribution in [1.29, 1.82) is 5.26 Å². The van der Waals surface area contributed by atoms with Gasteiger partial charge in [-0.25, -0.2) is 14.8 Å². The Hall–Kier alpha value is -4.24. The Morgan fingerprint density at radius 2 is 2.05 bits per heavy atom. The number of piperidine rings is 1. The molecule has 1 saturated heterocycles. The Labute approximate surface area is 225 Å². The van der Waals surface area contributed by atoms with Crippen molar-refractivity contribution in [1.82, 2.24) is 19.2 Å².